The Morgan fingerprint density at radius 2 is 1.06 bits per heavy atom. The van der Waals surface area contributed by atoms with E-state index in [4.69, 9.17) is 15.5 Å². The van der Waals surface area contributed by atoms with Crippen LogP contribution in [0.15, 0.2) is 18.2 Å². The van der Waals surface area contributed by atoms with Gasteiger partial charge in [0.25, 0.3) is 0 Å². The first-order chi connectivity index (χ1) is 15.7. The van der Waals surface area contributed by atoms with Gasteiger partial charge in [0.15, 0.2) is 0 Å². The van der Waals surface area contributed by atoms with Gasteiger partial charge in [-0.1, -0.05) is 116 Å². The molecule has 1 aromatic carbocycles. The van der Waals surface area contributed by atoms with Gasteiger partial charge in [0, 0.05) is 26.7 Å². The molecule has 0 saturated heterocycles. The van der Waals surface area contributed by atoms with Crippen LogP contribution in [0.4, 0.5) is 4.39 Å². The van der Waals surface area contributed by atoms with Crippen molar-refractivity contribution >= 4 is 0 Å². The van der Waals surface area contributed by atoms with Crippen LogP contribution >= 0.6 is 0 Å². The molecule has 1 aromatic rings. The molecule has 0 atom stereocenters. The molecule has 0 aromatic heterocycles. The second-order valence-electron chi connectivity index (χ2n) is 8.85. The molecular weight excluding hydrogens is 594 g/mol. The average molecular weight is 642 g/mol. The topological polar surface area (TPSA) is 64.2 Å². The molecule has 5 heteroatoms. The number of halogens is 1. The molecule has 0 unspecified atom stereocenters. The van der Waals surface area contributed by atoms with Gasteiger partial charge < -0.3 is 10.2 Å². The van der Waals surface area contributed by atoms with Gasteiger partial charge in [-0.05, 0) is 30.2 Å². The monoisotopic (exact) mass is 642 g/mol. The third kappa shape index (κ3) is 24.1. The van der Waals surface area contributed by atoms with Gasteiger partial charge in [0.05, 0.1) is 18.2 Å². The molecule has 0 spiro atoms. The molecular formula is C28H48FIrNO2. The summed E-state index contributed by atoms with van der Waals surface area (Å²) < 4.78 is 12.5. The number of nitriles is 1. The fraction of sp³-hybridized carbons (Fsp3) is 0.750. The number of rotatable bonds is 19. The molecule has 2 N–H and O–H groups in total. The second kappa shape index (κ2) is 27.5. The Hall–Kier alpha value is -0.791. The average Bonchev–Trinajstić information content (AvgIpc) is 2.81. The Morgan fingerprint density at radius 3 is 1.39 bits per heavy atom. The van der Waals surface area contributed by atoms with E-state index in [1.165, 1.54) is 121 Å². The molecule has 0 amide bonds. The number of hydrogen-bond acceptors (Lipinski definition) is 3. The van der Waals surface area contributed by atoms with Crippen molar-refractivity contribution in [3.63, 3.8) is 0 Å². The third-order valence-electron chi connectivity index (χ3n) is 5.78. The summed E-state index contributed by atoms with van der Waals surface area (Å²) in [5, 5.41) is 25.7. The van der Waals surface area contributed by atoms with E-state index in [-0.39, 0.29) is 32.3 Å². The van der Waals surface area contributed by atoms with Crippen LogP contribution in [0, 0.1) is 17.1 Å². The normalized spacial score (nSPS) is 10.2. The zero-order valence-electron chi connectivity index (χ0n) is 20.9. The van der Waals surface area contributed by atoms with E-state index in [1.807, 2.05) is 0 Å². The summed E-state index contributed by atoms with van der Waals surface area (Å²) in [5.74, 6) is -0.492. The molecule has 0 aliphatic heterocycles. The summed E-state index contributed by atoms with van der Waals surface area (Å²) in [6, 6.07) is 5.56. The van der Waals surface area contributed by atoms with Crippen LogP contribution in [0.25, 0.3) is 0 Å². The van der Waals surface area contributed by atoms with E-state index in [0.29, 0.717) is 12.2 Å². The number of benzene rings is 1. The quantitative estimate of drug-likeness (QED) is 0.150. The Morgan fingerprint density at radius 1 is 0.667 bits per heavy atom. The Balaban J connectivity index is 0. The number of hydrogen-bond donors (Lipinski definition) is 2. The molecule has 3 nitrogen and oxygen atoms in total. The van der Waals surface area contributed by atoms with Crippen LogP contribution in [0.1, 0.15) is 134 Å². The van der Waals surface area contributed by atoms with Gasteiger partial charge in [-0.2, -0.15) is 5.26 Å². The molecule has 0 fully saturated rings. The van der Waals surface area contributed by atoms with Crippen molar-refractivity contribution in [3.8, 4) is 6.07 Å². The zero-order chi connectivity index (χ0) is 23.7. The summed E-state index contributed by atoms with van der Waals surface area (Å²) in [5.41, 5.74) is 0.649. The van der Waals surface area contributed by atoms with Crippen LogP contribution in [-0.4, -0.2) is 16.8 Å². The molecule has 1 radical (unpaired) electrons. The smallest absolute Gasteiger partial charge is 0.124 e. The third-order valence-corrected chi connectivity index (χ3v) is 5.78. The van der Waals surface area contributed by atoms with Crippen molar-refractivity contribution in [3.05, 3.63) is 35.1 Å². The number of unbranched alkanes of at least 4 members (excludes halogenated alkanes) is 17. The number of aliphatic hydroxyl groups is 2. The summed E-state index contributed by atoms with van der Waals surface area (Å²) in [6.07, 6.45) is 25.1. The Kier molecular flexibility index (Phi) is 28.6. The minimum Gasteiger partial charge on any atom is -0.396 e. The Bertz CT molecular complexity index is 560. The molecule has 33 heavy (non-hydrogen) atoms. The zero-order valence-corrected chi connectivity index (χ0v) is 23.3. The minimum atomic E-state index is -0.492. The van der Waals surface area contributed by atoms with Crippen LogP contribution in [0.2, 0.25) is 0 Å². The standard InChI is InChI=1S/C20H42O.C8H6FNO.Ir/c1-2-3-4-5-6-7-8-9-10-11-12-13-14-15-16-17-18-19-20-21;9-8-2-6(4-10)1-7(3-8)5-11;/h21H,2-20H2,1H3;1-3,11H,5H2;. The number of nitrogens with zero attached hydrogens (tertiary/aromatic N) is 1. The first-order valence-corrected chi connectivity index (χ1v) is 13.1. The largest absolute Gasteiger partial charge is 0.396 e. The van der Waals surface area contributed by atoms with E-state index < -0.39 is 5.82 Å². The second-order valence-corrected chi connectivity index (χ2v) is 8.85. The summed E-state index contributed by atoms with van der Waals surface area (Å²) >= 11 is 0. The maximum absolute atomic E-state index is 12.5. The van der Waals surface area contributed by atoms with Crippen molar-refractivity contribution in [2.24, 2.45) is 0 Å². The predicted octanol–water partition coefficient (Wildman–Crippen LogP) is 8.21. The predicted molar refractivity (Wildman–Crippen MR) is 133 cm³/mol. The summed E-state index contributed by atoms with van der Waals surface area (Å²) in [6.45, 7) is 2.42. The molecule has 0 bridgehead atoms. The van der Waals surface area contributed by atoms with Crippen molar-refractivity contribution in [1.29, 1.82) is 5.26 Å². The van der Waals surface area contributed by atoms with Crippen LogP contribution in [-0.2, 0) is 26.7 Å². The minimum absolute atomic E-state index is 0. The van der Waals surface area contributed by atoms with E-state index in [1.54, 1.807) is 6.07 Å². The van der Waals surface area contributed by atoms with Crippen molar-refractivity contribution in [2.45, 2.75) is 129 Å². The van der Waals surface area contributed by atoms with E-state index in [0.717, 1.165) is 12.5 Å². The van der Waals surface area contributed by atoms with Gasteiger partial charge in [-0.15, -0.1) is 0 Å². The van der Waals surface area contributed by atoms with E-state index in [2.05, 4.69) is 6.92 Å². The molecule has 0 aliphatic rings. The van der Waals surface area contributed by atoms with Crippen molar-refractivity contribution in [1.82, 2.24) is 0 Å². The molecule has 0 saturated carbocycles. The maximum atomic E-state index is 12.5. The van der Waals surface area contributed by atoms with E-state index in [9.17, 15) is 4.39 Å². The first-order valence-electron chi connectivity index (χ1n) is 13.1. The van der Waals surface area contributed by atoms with Crippen LogP contribution < -0.4 is 0 Å². The maximum Gasteiger partial charge on any atom is 0.124 e. The Labute approximate surface area is 216 Å². The van der Waals surface area contributed by atoms with Crippen molar-refractivity contribution < 1.29 is 34.7 Å². The van der Waals surface area contributed by atoms with E-state index >= 15 is 0 Å². The van der Waals surface area contributed by atoms with Crippen LogP contribution in [0.5, 0.6) is 0 Å². The fourth-order valence-electron chi connectivity index (χ4n) is 3.82. The molecule has 193 valence electrons. The summed E-state index contributed by atoms with van der Waals surface area (Å²) in [4.78, 5) is 0. The first kappa shape index (κ1) is 34.4. The van der Waals surface area contributed by atoms with Gasteiger partial charge in [0.2, 0.25) is 0 Å². The molecule has 0 heterocycles. The van der Waals surface area contributed by atoms with Crippen molar-refractivity contribution in [2.75, 3.05) is 6.61 Å². The van der Waals surface area contributed by atoms with Gasteiger partial charge in [0.1, 0.15) is 5.82 Å². The van der Waals surface area contributed by atoms with Gasteiger partial charge >= 0.3 is 0 Å². The van der Waals surface area contributed by atoms with Gasteiger partial charge in [-0.3, -0.25) is 0 Å². The van der Waals surface area contributed by atoms with Gasteiger partial charge in [-0.25, -0.2) is 4.39 Å². The molecule has 1 rings (SSSR count). The van der Waals surface area contributed by atoms with Crippen LogP contribution in [0.3, 0.4) is 0 Å². The molecule has 0 aliphatic carbocycles. The SMILES string of the molecule is CCCCCCCCCCCCCCCCCCCCO.N#Cc1cc(F)cc(CO)c1.[Ir]. The number of aliphatic hydroxyl groups excluding tert-OH is 2. The summed E-state index contributed by atoms with van der Waals surface area (Å²) in [7, 11) is 0. The fourth-order valence-corrected chi connectivity index (χ4v) is 3.82.